The van der Waals surface area contributed by atoms with Crippen LogP contribution in [0.2, 0.25) is 0 Å². The molecule has 0 aliphatic rings. The smallest absolute Gasteiger partial charge is 0.305 e. The second-order valence-electron chi connectivity index (χ2n) is 4.47. The number of carboxylic acids is 2. The Hall–Kier alpha value is -1.63. The molecular weight excluding hydrogens is 228 g/mol. The van der Waals surface area contributed by atoms with Gasteiger partial charge in [-0.1, -0.05) is 0 Å². The van der Waals surface area contributed by atoms with E-state index in [0.717, 1.165) is 0 Å². The quantitative estimate of drug-likeness (QED) is 0.481. The van der Waals surface area contributed by atoms with Gasteiger partial charge < -0.3 is 21.3 Å². The molecule has 0 saturated carbocycles. The van der Waals surface area contributed by atoms with Crippen LogP contribution >= 0.6 is 0 Å². The van der Waals surface area contributed by atoms with Crippen LogP contribution in [0, 0.1) is 0 Å². The van der Waals surface area contributed by atoms with E-state index in [2.05, 4.69) is 5.32 Å². The van der Waals surface area contributed by atoms with E-state index in [-0.39, 0.29) is 12.8 Å². The molecule has 0 spiro atoms. The molecular formula is C10H18N2O5. The van der Waals surface area contributed by atoms with E-state index < -0.39 is 35.8 Å². The standard InChI is InChI=1S/C10H18N2O5/c1-10(2,4-3-7(13)14)12-9(17)6(11)5-8(15)16/h6H,3-5,11H2,1-2H3,(H,12,17)(H,13,14)(H,15,16). The van der Waals surface area contributed by atoms with Crippen molar-refractivity contribution in [2.75, 3.05) is 0 Å². The first-order valence-electron chi connectivity index (χ1n) is 5.15. The SMILES string of the molecule is CC(C)(CCC(=O)O)NC(=O)C(N)CC(=O)O. The van der Waals surface area contributed by atoms with Crippen LogP contribution < -0.4 is 11.1 Å². The van der Waals surface area contributed by atoms with E-state index in [1.54, 1.807) is 13.8 Å². The summed E-state index contributed by atoms with van der Waals surface area (Å²) in [6.07, 6.45) is -0.295. The minimum atomic E-state index is -1.16. The summed E-state index contributed by atoms with van der Waals surface area (Å²) in [4.78, 5) is 32.2. The molecule has 0 aliphatic heterocycles. The van der Waals surface area contributed by atoms with Gasteiger partial charge in [0, 0.05) is 12.0 Å². The van der Waals surface area contributed by atoms with E-state index in [4.69, 9.17) is 15.9 Å². The number of nitrogens with one attached hydrogen (secondary N) is 1. The Kier molecular flexibility index (Phi) is 5.60. The Labute approximate surface area is 99.0 Å². The van der Waals surface area contributed by atoms with E-state index >= 15 is 0 Å². The summed E-state index contributed by atoms with van der Waals surface area (Å²) < 4.78 is 0. The van der Waals surface area contributed by atoms with Gasteiger partial charge in [-0.3, -0.25) is 14.4 Å². The fourth-order valence-corrected chi connectivity index (χ4v) is 1.19. The molecule has 0 bridgehead atoms. The number of aliphatic carboxylic acids is 2. The summed E-state index contributed by atoms with van der Waals surface area (Å²) >= 11 is 0. The van der Waals surface area contributed by atoms with Crippen LogP contribution in [0.15, 0.2) is 0 Å². The third-order valence-corrected chi connectivity index (χ3v) is 2.16. The molecule has 17 heavy (non-hydrogen) atoms. The summed E-state index contributed by atoms with van der Waals surface area (Å²) in [7, 11) is 0. The van der Waals surface area contributed by atoms with Gasteiger partial charge >= 0.3 is 11.9 Å². The van der Waals surface area contributed by atoms with E-state index in [1.807, 2.05) is 0 Å². The van der Waals surface area contributed by atoms with Crippen molar-refractivity contribution in [2.45, 2.75) is 44.7 Å². The number of hydrogen-bond donors (Lipinski definition) is 4. The highest BCUT2D eigenvalue weighted by atomic mass is 16.4. The number of nitrogens with two attached hydrogens (primary N) is 1. The molecule has 0 radical (unpaired) electrons. The van der Waals surface area contributed by atoms with Crippen LogP contribution in [0.3, 0.4) is 0 Å². The van der Waals surface area contributed by atoms with E-state index in [1.165, 1.54) is 0 Å². The van der Waals surface area contributed by atoms with Gasteiger partial charge in [-0.05, 0) is 20.3 Å². The lowest BCUT2D eigenvalue weighted by atomic mass is 9.97. The second-order valence-corrected chi connectivity index (χ2v) is 4.47. The maximum absolute atomic E-state index is 11.5. The average molecular weight is 246 g/mol. The van der Waals surface area contributed by atoms with Gasteiger partial charge in [0.15, 0.2) is 0 Å². The van der Waals surface area contributed by atoms with Crippen LogP contribution in [0.4, 0.5) is 0 Å². The zero-order valence-electron chi connectivity index (χ0n) is 9.90. The van der Waals surface area contributed by atoms with Gasteiger partial charge in [0.25, 0.3) is 0 Å². The Bertz CT molecular complexity index is 314. The van der Waals surface area contributed by atoms with Crippen molar-refractivity contribution < 1.29 is 24.6 Å². The predicted octanol–water partition coefficient (Wildman–Crippen LogP) is -0.452. The van der Waals surface area contributed by atoms with Gasteiger partial charge in [0.1, 0.15) is 0 Å². The van der Waals surface area contributed by atoms with Crippen molar-refractivity contribution in [3.63, 3.8) is 0 Å². The van der Waals surface area contributed by atoms with Crippen LogP contribution in [0.5, 0.6) is 0 Å². The summed E-state index contributed by atoms with van der Waals surface area (Å²) in [5.41, 5.74) is 4.64. The molecule has 7 nitrogen and oxygen atoms in total. The topological polar surface area (TPSA) is 130 Å². The molecule has 0 saturated heterocycles. The highest BCUT2D eigenvalue weighted by molar-refractivity contribution is 5.86. The maximum atomic E-state index is 11.5. The Balaban J connectivity index is 4.25. The van der Waals surface area contributed by atoms with Crippen LogP contribution in [0.25, 0.3) is 0 Å². The fraction of sp³-hybridized carbons (Fsp3) is 0.700. The highest BCUT2D eigenvalue weighted by Crippen LogP contribution is 2.11. The summed E-state index contributed by atoms with van der Waals surface area (Å²) in [6.45, 7) is 3.31. The van der Waals surface area contributed by atoms with Crippen molar-refractivity contribution in [3.05, 3.63) is 0 Å². The first kappa shape index (κ1) is 15.4. The maximum Gasteiger partial charge on any atom is 0.305 e. The number of carboxylic acid groups (broad SMARTS) is 2. The zero-order valence-corrected chi connectivity index (χ0v) is 9.90. The largest absolute Gasteiger partial charge is 0.481 e. The lowest BCUT2D eigenvalue weighted by Crippen LogP contribution is -2.51. The first-order valence-corrected chi connectivity index (χ1v) is 5.15. The molecule has 0 aromatic heterocycles. The molecule has 7 heteroatoms. The molecule has 98 valence electrons. The fourth-order valence-electron chi connectivity index (χ4n) is 1.19. The number of rotatable bonds is 7. The van der Waals surface area contributed by atoms with Crippen molar-refractivity contribution in [1.82, 2.24) is 5.32 Å². The third-order valence-electron chi connectivity index (χ3n) is 2.16. The van der Waals surface area contributed by atoms with Gasteiger partial charge in [0.2, 0.25) is 5.91 Å². The minimum absolute atomic E-state index is 0.0819. The second kappa shape index (κ2) is 6.19. The van der Waals surface area contributed by atoms with Crippen LogP contribution in [-0.4, -0.2) is 39.6 Å². The molecule has 0 rings (SSSR count). The number of hydrogen-bond acceptors (Lipinski definition) is 4. The molecule has 0 aromatic rings. The lowest BCUT2D eigenvalue weighted by molar-refractivity contribution is -0.139. The summed E-state index contributed by atoms with van der Waals surface area (Å²) in [5, 5.41) is 19.5. The van der Waals surface area contributed by atoms with Gasteiger partial charge in [-0.25, -0.2) is 0 Å². The average Bonchev–Trinajstić information content (AvgIpc) is 2.13. The summed E-state index contributed by atoms with van der Waals surface area (Å²) in [5.74, 6) is -2.71. The molecule has 0 aliphatic carbocycles. The van der Waals surface area contributed by atoms with Crippen molar-refractivity contribution in [3.8, 4) is 0 Å². The number of carbonyl (C=O) groups is 3. The van der Waals surface area contributed by atoms with E-state index in [9.17, 15) is 14.4 Å². The predicted molar refractivity (Wildman–Crippen MR) is 59.3 cm³/mol. The summed E-state index contributed by atoms with van der Waals surface area (Å²) in [6, 6.07) is -1.13. The Morgan fingerprint density at radius 3 is 2.18 bits per heavy atom. The highest BCUT2D eigenvalue weighted by Gasteiger charge is 2.25. The van der Waals surface area contributed by atoms with Crippen LogP contribution in [-0.2, 0) is 14.4 Å². The lowest BCUT2D eigenvalue weighted by Gasteiger charge is -2.27. The van der Waals surface area contributed by atoms with Gasteiger partial charge in [-0.2, -0.15) is 0 Å². The molecule has 0 fully saturated rings. The Morgan fingerprint density at radius 1 is 1.24 bits per heavy atom. The molecule has 1 atom stereocenters. The molecule has 5 N–H and O–H groups in total. The first-order chi connectivity index (χ1) is 7.64. The van der Waals surface area contributed by atoms with Crippen molar-refractivity contribution in [2.24, 2.45) is 5.73 Å². The molecule has 1 amide bonds. The number of amides is 1. The normalized spacial score (nSPS) is 12.9. The van der Waals surface area contributed by atoms with E-state index in [0.29, 0.717) is 0 Å². The van der Waals surface area contributed by atoms with Crippen molar-refractivity contribution in [1.29, 1.82) is 0 Å². The number of carbonyl (C=O) groups excluding carboxylic acids is 1. The van der Waals surface area contributed by atoms with Gasteiger partial charge in [-0.15, -0.1) is 0 Å². The minimum Gasteiger partial charge on any atom is -0.481 e. The Morgan fingerprint density at radius 2 is 1.76 bits per heavy atom. The monoisotopic (exact) mass is 246 g/mol. The zero-order chi connectivity index (χ0) is 13.6. The molecule has 0 heterocycles. The third kappa shape index (κ3) is 7.29. The van der Waals surface area contributed by atoms with Crippen molar-refractivity contribution >= 4 is 17.8 Å². The van der Waals surface area contributed by atoms with Crippen LogP contribution in [0.1, 0.15) is 33.1 Å². The molecule has 1 unspecified atom stereocenters. The molecule has 0 aromatic carbocycles. The van der Waals surface area contributed by atoms with Gasteiger partial charge in [0.05, 0.1) is 12.5 Å².